The summed E-state index contributed by atoms with van der Waals surface area (Å²) < 4.78 is 30.8. The lowest BCUT2D eigenvalue weighted by atomic mass is 10.3. The first-order chi connectivity index (χ1) is 8.53. The van der Waals surface area contributed by atoms with E-state index in [4.69, 9.17) is 0 Å². The molecule has 0 saturated heterocycles. The van der Waals surface area contributed by atoms with Gasteiger partial charge >= 0.3 is 5.97 Å². The molecule has 0 amide bonds. The van der Waals surface area contributed by atoms with Gasteiger partial charge in [0.15, 0.2) is 0 Å². The lowest BCUT2D eigenvalue weighted by molar-refractivity contribution is -0.142. The average Bonchev–Trinajstić information content (AvgIpc) is 2.36. The quantitative estimate of drug-likeness (QED) is 0.585. The second kappa shape index (κ2) is 6.85. The van der Waals surface area contributed by atoms with Crippen LogP contribution in [0.4, 0.5) is 5.69 Å². The number of esters is 1. The highest BCUT2D eigenvalue weighted by Crippen LogP contribution is 2.12. The molecule has 0 fully saturated rings. The summed E-state index contributed by atoms with van der Waals surface area (Å²) in [6.45, 7) is 1.88. The topological polar surface area (TPSA) is 85.2 Å². The van der Waals surface area contributed by atoms with E-state index in [0.29, 0.717) is 5.69 Å². The monoisotopic (exact) mass is 270 g/mol. The number of carbonyl (C=O) groups excluding carboxylic acids is 1. The van der Waals surface area contributed by atoms with E-state index in [1.807, 2.05) is 0 Å². The fourth-order valence-electron chi connectivity index (χ4n) is 1.09. The molecular weight excluding hydrogens is 256 g/mol. The molecule has 1 aromatic carbocycles. The van der Waals surface area contributed by atoms with Crippen LogP contribution in [0.25, 0.3) is 0 Å². The molecular formula is C11H14N2O4S. The third-order valence-electron chi connectivity index (χ3n) is 1.91. The van der Waals surface area contributed by atoms with Crippen molar-refractivity contribution in [3.8, 4) is 0 Å². The van der Waals surface area contributed by atoms with E-state index in [2.05, 4.69) is 14.4 Å². The highest BCUT2D eigenvalue weighted by molar-refractivity contribution is 7.89. The number of hydrogen-bond acceptors (Lipinski definition) is 5. The van der Waals surface area contributed by atoms with Crippen molar-refractivity contribution in [2.45, 2.75) is 13.3 Å². The van der Waals surface area contributed by atoms with Crippen molar-refractivity contribution in [2.24, 2.45) is 9.63 Å². The van der Waals surface area contributed by atoms with Crippen molar-refractivity contribution in [1.82, 2.24) is 0 Å². The predicted molar refractivity (Wildman–Crippen MR) is 66.0 cm³/mol. The van der Waals surface area contributed by atoms with Gasteiger partial charge < -0.3 is 4.74 Å². The van der Waals surface area contributed by atoms with E-state index in [1.54, 1.807) is 37.3 Å². The Bertz CT molecular complexity index is 511. The maximum absolute atomic E-state index is 11.4. The molecule has 1 aromatic rings. The van der Waals surface area contributed by atoms with Gasteiger partial charge in [-0.15, -0.1) is 5.11 Å². The van der Waals surface area contributed by atoms with Gasteiger partial charge in [0, 0.05) is 0 Å². The maximum atomic E-state index is 11.4. The van der Waals surface area contributed by atoms with Crippen LogP contribution in [0.15, 0.2) is 40.0 Å². The predicted octanol–water partition coefficient (Wildman–Crippen LogP) is 2.05. The summed E-state index contributed by atoms with van der Waals surface area (Å²) >= 11 is 0. The normalized spacial score (nSPS) is 11.6. The first kappa shape index (κ1) is 14.3. The molecule has 6 nitrogen and oxygen atoms in total. The Kier molecular flexibility index (Phi) is 5.44. The van der Waals surface area contributed by atoms with Crippen molar-refractivity contribution in [2.75, 3.05) is 12.4 Å². The fraction of sp³-hybridized carbons (Fsp3) is 0.364. The summed E-state index contributed by atoms with van der Waals surface area (Å²) in [5.74, 6) is -0.960. The third kappa shape index (κ3) is 5.53. The highest BCUT2D eigenvalue weighted by atomic mass is 32.2. The Balaban J connectivity index is 2.55. The number of rotatable bonds is 6. The summed E-state index contributed by atoms with van der Waals surface area (Å²) in [5.41, 5.74) is 0.442. The van der Waals surface area contributed by atoms with Crippen LogP contribution < -0.4 is 0 Å². The summed E-state index contributed by atoms with van der Waals surface area (Å²) in [4.78, 5) is 11.0. The SMILES string of the molecule is CCOC(=O)CCS(=O)(=O)N=Nc1ccccc1. The van der Waals surface area contributed by atoms with Crippen molar-refractivity contribution in [1.29, 1.82) is 0 Å². The van der Waals surface area contributed by atoms with Crippen LogP contribution in [-0.4, -0.2) is 26.7 Å². The van der Waals surface area contributed by atoms with Crippen LogP contribution in [0.1, 0.15) is 13.3 Å². The van der Waals surface area contributed by atoms with Crippen LogP contribution in [0.5, 0.6) is 0 Å². The minimum absolute atomic E-state index is 0.218. The lowest BCUT2D eigenvalue weighted by Gasteiger charge is -1.99. The Morgan fingerprint density at radius 2 is 1.94 bits per heavy atom. The van der Waals surface area contributed by atoms with E-state index in [1.165, 1.54) is 0 Å². The van der Waals surface area contributed by atoms with Gasteiger partial charge in [-0.25, -0.2) is 8.42 Å². The van der Waals surface area contributed by atoms with E-state index in [0.717, 1.165) is 0 Å². The first-order valence-corrected chi connectivity index (χ1v) is 7.01. The zero-order valence-electron chi connectivity index (χ0n) is 9.94. The summed E-state index contributed by atoms with van der Waals surface area (Å²) in [5, 5.41) is 3.59. The molecule has 0 heterocycles. The number of sulfonamides is 1. The minimum Gasteiger partial charge on any atom is -0.466 e. The van der Waals surface area contributed by atoms with Crippen molar-refractivity contribution >= 4 is 21.7 Å². The summed E-state index contributed by atoms with van der Waals surface area (Å²) in [6, 6.07) is 8.49. The van der Waals surface area contributed by atoms with E-state index in [9.17, 15) is 13.2 Å². The zero-order valence-corrected chi connectivity index (χ0v) is 10.8. The van der Waals surface area contributed by atoms with Gasteiger partial charge in [0.1, 0.15) is 0 Å². The fourth-order valence-corrected chi connectivity index (χ4v) is 1.82. The second-order valence-electron chi connectivity index (χ2n) is 3.36. The largest absolute Gasteiger partial charge is 0.466 e. The van der Waals surface area contributed by atoms with Gasteiger partial charge in [0.2, 0.25) is 0 Å². The number of hydrogen-bond donors (Lipinski definition) is 0. The molecule has 1 rings (SSSR count). The highest BCUT2D eigenvalue weighted by Gasteiger charge is 2.12. The molecule has 0 aliphatic heterocycles. The molecule has 7 heteroatoms. The van der Waals surface area contributed by atoms with E-state index < -0.39 is 21.7 Å². The molecule has 0 radical (unpaired) electrons. The van der Waals surface area contributed by atoms with Gasteiger partial charge in [0.25, 0.3) is 10.0 Å². The molecule has 0 aliphatic rings. The third-order valence-corrected chi connectivity index (χ3v) is 2.96. The Morgan fingerprint density at radius 3 is 2.56 bits per heavy atom. The number of ether oxygens (including phenoxy) is 1. The molecule has 0 atom stereocenters. The van der Waals surface area contributed by atoms with Gasteiger partial charge in [-0.1, -0.05) is 22.7 Å². The summed E-state index contributed by atoms with van der Waals surface area (Å²) in [7, 11) is -3.74. The molecule has 0 saturated carbocycles. The average molecular weight is 270 g/mol. The molecule has 0 unspecified atom stereocenters. The Morgan fingerprint density at radius 1 is 1.28 bits per heavy atom. The Labute approximate surface area is 106 Å². The van der Waals surface area contributed by atoms with E-state index in [-0.39, 0.29) is 13.0 Å². The molecule has 0 aromatic heterocycles. The second-order valence-corrected chi connectivity index (χ2v) is 5.09. The molecule has 0 bridgehead atoms. The number of carbonyl (C=O) groups is 1. The minimum atomic E-state index is -3.74. The van der Waals surface area contributed by atoms with Crippen LogP contribution in [0.3, 0.4) is 0 Å². The Hall–Kier alpha value is -1.76. The molecule has 0 aliphatic carbocycles. The van der Waals surface area contributed by atoms with Crippen molar-refractivity contribution in [3.63, 3.8) is 0 Å². The van der Waals surface area contributed by atoms with Gasteiger partial charge in [0.05, 0.1) is 24.5 Å². The molecule has 0 N–H and O–H groups in total. The summed E-state index contributed by atoms with van der Waals surface area (Å²) in [6.07, 6.45) is -0.218. The van der Waals surface area contributed by atoms with Crippen LogP contribution >= 0.6 is 0 Å². The van der Waals surface area contributed by atoms with Crippen LogP contribution in [-0.2, 0) is 19.6 Å². The smallest absolute Gasteiger partial charge is 0.306 e. The maximum Gasteiger partial charge on any atom is 0.306 e. The van der Waals surface area contributed by atoms with Gasteiger partial charge in [-0.05, 0) is 19.1 Å². The standard InChI is InChI=1S/C11H14N2O4S/c1-2-17-11(14)8-9-18(15,16)13-12-10-6-4-3-5-7-10/h3-7H,2,8-9H2,1H3. The van der Waals surface area contributed by atoms with Crippen molar-refractivity contribution < 1.29 is 17.9 Å². The zero-order chi connectivity index (χ0) is 13.4. The molecule has 18 heavy (non-hydrogen) atoms. The van der Waals surface area contributed by atoms with Gasteiger partial charge in [-0.3, -0.25) is 4.79 Å². The number of benzene rings is 1. The molecule has 98 valence electrons. The number of nitrogens with zero attached hydrogens (tertiary/aromatic N) is 2. The van der Waals surface area contributed by atoms with Crippen LogP contribution in [0.2, 0.25) is 0 Å². The van der Waals surface area contributed by atoms with E-state index >= 15 is 0 Å². The van der Waals surface area contributed by atoms with Crippen LogP contribution in [0, 0.1) is 0 Å². The molecule has 0 spiro atoms. The lowest BCUT2D eigenvalue weighted by Crippen LogP contribution is -2.11. The van der Waals surface area contributed by atoms with Crippen molar-refractivity contribution in [3.05, 3.63) is 30.3 Å². The first-order valence-electron chi connectivity index (χ1n) is 5.40. The van der Waals surface area contributed by atoms with Gasteiger partial charge in [-0.2, -0.15) is 0 Å².